The maximum Gasteiger partial charge on any atom is 0.348 e. The molecule has 1 aromatic rings. The summed E-state index contributed by atoms with van der Waals surface area (Å²) in [5, 5.41) is 0. The first-order valence-electron chi connectivity index (χ1n) is 7.82. The molecule has 0 bridgehead atoms. The minimum Gasteiger partial charge on any atom is -0.494 e. The van der Waals surface area contributed by atoms with E-state index in [0.29, 0.717) is 12.2 Å². The van der Waals surface area contributed by atoms with Gasteiger partial charge < -0.3 is 14.2 Å². The molecule has 0 radical (unpaired) electrons. The molecule has 1 aliphatic rings. The number of carbonyl (C=O) groups is 2. The van der Waals surface area contributed by atoms with E-state index in [1.54, 1.807) is 12.1 Å². The van der Waals surface area contributed by atoms with Crippen LogP contribution >= 0.6 is 0 Å². The molecular formula is C18H22O5. The first kappa shape index (κ1) is 17.1. The molecule has 0 aromatic heterocycles. The van der Waals surface area contributed by atoms with Crippen molar-refractivity contribution in [3.63, 3.8) is 0 Å². The van der Waals surface area contributed by atoms with E-state index < -0.39 is 17.7 Å². The molecule has 5 nitrogen and oxygen atoms in total. The van der Waals surface area contributed by atoms with Gasteiger partial charge in [-0.3, -0.25) is 0 Å². The van der Waals surface area contributed by atoms with Crippen molar-refractivity contribution in [3.05, 3.63) is 35.4 Å². The lowest BCUT2D eigenvalue weighted by Crippen LogP contribution is -2.41. The number of ether oxygens (including phenoxy) is 3. The predicted molar refractivity (Wildman–Crippen MR) is 85.7 cm³/mol. The van der Waals surface area contributed by atoms with Gasteiger partial charge in [-0.2, -0.15) is 0 Å². The van der Waals surface area contributed by atoms with E-state index >= 15 is 0 Å². The zero-order valence-corrected chi connectivity index (χ0v) is 13.8. The molecule has 0 aliphatic carbocycles. The van der Waals surface area contributed by atoms with E-state index in [2.05, 4.69) is 6.92 Å². The summed E-state index contributed by atoms with van der Waals surface area (Å²) >= 11 is 0. The minimum absolute atomic E-state index is 0.110. The standard InChI is InChI=1S/C18H22O5/c1-4-5-6-11-21-14-9-7-13(8-10-14)12-15-16(19)22-18(2,3)23-17(15)20/h7-10,12H,4-6,11H2,1-3H3. The summed E-state index contributed by atoms with van der Waals surface area (Å²) in [5.41, 5.74) is 0.593. The molecule has 2 rings (SSSR count). The number of unbranched alkanes of at least 4 members (excludes halogenated alkanes) is 2. The number of cyclic esters (lactones) is 2. The van der Waals surface area contributed by atoms with Gasteiger partial charge in [-0.05, 0) is 30.2 Å². The molecule has 0 saturated carbocycles. The van der Waals surface area contributed by atoms with Crippen LogP contribution in [-0.2, 0) is 19.1 Å². The summed E-state index contributed by atoms with van der Waals surface area (Å²) in [6.07, 6.45) is 4.78. The van der Waals surface area contributed by atoms with Crippen molar-refractivity contribution >= 4 is 18.0 Å². The van der Waals surface area contributed by atoms with Gasteiger partial charge in [-0.15, -0.1) is 0 Å². The van der Waals surface area contributed by atoms with E-state index in [1.165, 1.54) is 19.9 Å². The quantitative estimate of drug-likeness (QED) is 0.348. The molecule has 1 aromatic carbocycles. The van der Waals surface area contributed by atoms with Gasteiger partial charge in [-0.25, -0.2) is 9.59 Å². The third-order valence-electron chi connectivity index (χ3n) is 3.32. The number of carbonyl (C=O) groups excluding carboxylic acids is 2. The molecule has 0 N–H and O–H groups in total. The Kier molecular flexibility index (Phi) is 5.42. The molecule has 124 valence electrons. The van der Waals surface area contributed by atoms with E-state index in [0.717, 1.165) is 25.0 Å². The first-order chi connectivity index (χ1) is 10.9. The first-order valence-corrected chi connectivity index (χ1v) is 7.82. The second-order valence-electron chi connectivity index (χ2n) is 5.86. The summed E-state index contributed by atoms with van der Waals surface area (Å²) in [6.45, 7) is 5.86. The summed E-state index contributed by atoms with van der Waals surface area (Å²) < 4.78 is 15.7. The monoisotopic (exact) mass is 318 g/mol. The molecule has 0 spiro atoms. The Morgan fingerprint density at radius 2 is 1.65 bits per heavy atom. The van der Waals surface area contributed by atoms with Crippen LogP contribution in [0.1, 0.15) is 45.6 Å². The predicted octanol–water partition coefficient (Wildman–Crippen LogP) is 3.48. The van der Waals surface area contributed by atoms with Crippen LogP contribution in [0.4, 0.5) is 0 Å². The summed E-state index contributed by atoms with van der Waals surface area (Å²) in [4.78, 5) is 23.8. The molecule has 1 saturated heterocycles. The van der Waals surface area contributed by atoms with Crippen molar-refractivity contribution in [2.75, 3.05) is 6.61 Å². The van der Waals surface area contributed by atoms with E-state index in [1.807, 2.05) is 12.1 Å². The van der Waals surface area contributed by atoms with Gasteiger partial charge in [0, 0.05) is 13.8 Å². The second-order valence-corrected chi connectivity index (χ2v) is 5.86. The van der Waals surface area contributed by atoms with Gasteiger partial charge in [0.05, 0.1) is 6.61 Å². The Balaban J connectivity index is 2.02. The van der Waals surface area contributed by atoms with Crippen LogP contribution in [0.2, 0.25) is 0 Å². The maximum atomic E-state index is 11.9. The van der Waals surface area contributed by atoms with Gasteiger partial charge >= 0.3 is 11.9 Å². The van der Waals surface area contributed by atoms with E-state index in [4.69, 9.17) is 14.2 Å². The minimum atomic E-state index is -1.22. The van der Waals surface area contributed by atoms with Crippen LogP contribution in [-0.4, -0.2) is 24.3 Å². The Morgan fingerprint density at radius 3 is 2.22 bits per heavy atom. The highest BCUT2D eigenvalue weighted by atomic mass is 16.7. The van der Waals surface area contributed by atoms with Gasteiger partial charge in [-0.1, -0.05) is 31.9 Å². The number of benzene rings is 1. The molecule has 0 unspecified atom stereocenters. The molecule has 0 amide bonds. The summed E-state index contributed by atoms with van der Waals surface area (Å²) in [6, 6.07) is 7.18. The Labute approximate surface area is 136 Å². The lowest BCUT2D eigenvalue weighted by Gasteiger charge is -2.29. The van der Waals surface area contributed by atoms with Crippen molar-refractivity contribution in [1.82, 2.24) is 0 Å². The van der Waals surface area contributed by atoms with Crippen LogP contribution in [0.25, 0.3) is 6.08 Å². The normalized spacial score (nSPS) is 16.6. The van der Waals surface area contributed by atoms with Crippen LogP contribution < -0.4 is 4.74 Å². The average Bonchev–Trinajstić information content (AvgIpc) is 2.48. The average molecular weight is 318 g/mol. The third-order valence-corrected chi connectivity index (χ3v) is 3.32. The van der Waals surface area contributed by atoms with E-state index in [-0.39, 0.29) is 5.57 Å². The molecule has 1 fully saturated rings. The van der Waals surface area contributed by atoms with Crippen LogP contribution in [0.15, 0.2) is 29.8 Å². The number of hydrogen-bond acceptors (Lipinski definition) is 5. The highest BCUT2D eigenvalue weighted by molar-refractivity contribution is 6.18. The zero-order chi connectivity index (χ0) is 16.9. The molecule has 5 heteroatoms. The molecule has 1 heterocycles. The highest BCUT2D eigenvalue weighted by Crippen LogP contribution is 2.24. The third kappa shape index (κ3) is 4.84. The van der Waals surface area contributed by atoms with E-state index in [9.17, 15) is 9.59 Å². The highest BCUT2D eigenvalue weighted by Gasteiger charge is 2.38. The van der Waals surface area contributed by atoms with Gasteiger partial charge in [0.15, 0.2) is 0 Å². The van der Waals surface area contributed by atoms with Crippen LogP contribution in [0.3, 0.4) is 0 Å². The number of esters is 2. The lowest BCUT2D eigenvalue weighted by atomic mass is 10.1. The topological polar surface area (TPSA) is 61.8 Å². The summed E-state index contributed by atoms with van der Waals surface area (Å²) in [5.74, 6) is -1.81. The van der Waals surface area contributed by atoms with Crippen molar-refractivity contribution in [3.8, 4) is 5.75 Å². The van der Waals surface area contributed by atoms with Crippen LogP contribution in [0, 0.1) is 0 Å². The largest absolute Gasteiger partial charge is 0.494 e. The zero-order valence-electron chi connectivity index (χ0n) is 13.8. The van der Waals surface area contributed by atoms with Crippen LogP contribution in [0.5, 0.6) is 5.75 Å². The number of rotatable bonds is 6. The number of hydrogen-bond donors (Lipinski definition) is 0. The van der Waals surface area contributed by atoms with Crippen molar-refractivity contribution in [2.45, 2.75) is 45.8 Å². The second kappa shape index (κ2) is 7.31. The fourth-order valence-corrected chi connectivity index (χ4v) is 2.15. The maximum absolute atomic E-state index is 11.9. The Bertz CT molecular complexity index is 576. The molecule has 1 aliphatic heterocycles. The summed E-state index contributed by atoms with van der Waals surface area (Å²) in [7, 11) is 0. The lowest BCUT2D eigenvalue weighted by molar-refractivity contribution is -0.222. The Hall–Kier alpha value is -2.30. The fourth-order valence-electron chi connectivity index (χ4n) is 2.15. The van der Waals surface area contributed by atoms with Gasteiger partial charge in [0.1, 0.15) is 11.3 Å². The SMILES string of the molecule is CCCCCOc1ccc(C=C2C(=O)OC(C)(C)OC2=O)cc1. The van der Waals surface area contributed by atoms with Gasteiger partial charge in [0.2, 0.25) is 0 Å². The fraction of sp³-hybridized carbons (Fsp3) is 0.444. The Morgan fingerprint density at radius 1 is 1.04 bits per heavy atom. The van der Waals surface area contributed by atoms with Crippen molar-refractivity contribution in [1.29, 1.82) is 0 Å². The van der Waals surface area contributed by atoms with Crippen molar-refractivity contribution in [2.24, 2.45) is 0 Å². The smallest absolute Gasteiger partial charge is 0.348 e. The van der Waals surface area contributed by atoms with Gasteiger partial charge in [0.25, 0.3) is 5.79 Å². The van der Waals surface area contributed by atoms with Crippen molar-refractivity contribution < 1.29 is 23.8 Å². The molecule has 0 atom stereocenters. The molecular weight excluding hydrogens is 296 g/mol. The molecule has 23 heavy (non-hydrogen) atoms.